The van der Waals surface area contributed by atoms with Crippen LogP contribution in [0.1, 0.15) is 24.9 Å². The van der Waals surface area contributed by atoms with Crippen molar-refractivity contribution >= 4 is 16.7 Å². The van der Waals surface area contributed by atoms with Gasteiger partial charge in [-0.1, -0.05) is 36.4 Å². The number of carbonyl (C=O) groups excluding carboxylic acids is 1. The van der Waals surface area contributed by atoms with Gasteiger partial charge in [0.2, 0.25) is 0 Å². The second-order valence-electron chi connectivity index (χ2n) is 4.22. The number of rotatable bonds is 4. The molecule has 2 rings (SSSR count). The zero-order valence-electron chi connectivity index (χ0n) is 10.4. The van der Waals surface area contributed by atoms with E-state index in [0.717, 1.165) is 10.9 Å². The van der Waals surface area contributed by atoms with Crippen LogP contribution >= 0.6 is 0 Å². The van der Waals surface area contributed by atoms with E-state index in [0.29, 0.717) is 6.61 Å². The van der Waals surface area contributed by atoms with E-state index in [-0.39, 0.29) is 18.4 Å². The maximum absolute atomic E-state index is 11.4. The predicted octanol–water partition coefficient (Wildman–Crippen LogP) is 2.79. The minimum atomic E-state index is -0.311. The molecule has 3 nitrogen and oxygen atoms in total. The Bertz CT molecular complexity index is 551. The van der Waals surface area contributed by atoms with Gasteiger partial charge in [0.05, 0.1) is 13.0 Å². The number of fused-ring (bicyclic) bond motifs is 1. The zero-order valence-corrected chi connectivity index (χ0v) is 10.4. The van der Waals surface area contributed by atoms with Crippen LogP contribution in [0.3, 0.4) is 0 Å². The Hall–Kier alpha value is -1.87. The van der Waals surface area contributed by atoms with Crippen LogP contribution < -0.4 is 5.73 Å². The fourth-order valence-corrected chi connectivity index (χ4v) is 1.96. The maximum Gasteiger partial charge on any atom is 0.307 e. The molecule has 2 N–H and O–H groups in total. The lowest BCUT2D eigenvalue weighted by molar-refractivity contribution is -0.143. The molecule has 0 aliphatic rings. The van der Waals surface area contributed by atoms with Crippen molar-refractivity contribution in [3.05, 3.63) is 48.0 Å². The van der Waals surface area contributed by atoms with E-state index in [9.17, 15) is 4.79 Å². The van der Waals surface area contributed by atoms with Gasteiger partial charge in [0, 0.05) is 6.04 Å². The molecule has 0 bridgehead atoms. The summed E-state index contributed by atoms with van der Waals surface area (Å²) in [6.45, 7) is 2.18. The Morgan fingerprint density at radius 2 is 1.94 bits per heavy atom. The van der Waals surface area contributed by atoms with Gasteiger partial charge in [0.1, 0.15) is 0 Å². The first-order chi connectivity index (χ1) is 8.70. The van der Waals surface area contributed by atoms with Crippen LogP contribution in [-0.2, 0) is 9.53 Å². The van der Waals surface area contributed by atoms with E-state index in [2.05, 4.69) is 6.07 Å². The molecule has 0 saturated heterocycles. The number of ether oxygens (including phenoxy) is 1. The van der Waals surface area contributed by atoms with Crippen LogP contribution in [-0.4, -0.2) is 12.6 Å². The first kappa shape index (κ1) is 12.6. The summed E-state index contributed by atoms with van der Waals surface area (Å²) < 4.78 is 4.90. The number of carbonyl (C=O) groups is 1. The highest BCUT2D eigenvalue weighted by molar-refractivity contribution is 5.83. The summed E-state index contributed by atoms with van der Waals surface area (Å²) in [4.78, 5) is 11.4. The molecular formula is C15H17NO2. The van der Waals surface area contributed by atoms with E-state index >= 15 is 0 Å². The molecule has 0 aliphatic heterocycles. The third-order valence-corrected chi connectivity index (χ3v) is 2.89. The Morgan fingerprint density at radius 1 is 1.22 bits per heavy atom. The van der Waals surface area contributed by atoms with E-state index in [1.165, 1.54) is 5.39 Å². The third-order valence-electron chi connectivity index (χ3n) is 2.89. The lowest BCUT2D eigenvalue weighted by Gasteiger charge is -2.12. The molecular weight excluding hydrogens is 226 g/mol. The molecule has 0 heterocycles. The molecule has 2 aromatic carbocycles. The minimum Gasteiger partial charge on any atom is -0.466 e. The van der Waals surface area contributed by atoms with Gasteiger partial charge in [0.25, 0.3) is 0 Å². The molecule has 0 aromatic heterocycles. The van der Waals surface area contributed by atoms with Crippen LogP contribution in [0.15, 0.2) is 42.5 Å². The Balaban J connectivity index is 2.17. The first-order valence-electron chi connectivity index (χ1n) is 6.10. The van der Waals surface area contributed by atoms with Crippen LogP contribution in [0.2, 0.25) is 0 Å². The summed E-state index contributed by atoms with van der Waals surface area (Å²) in [5.41, 5.74) is 6.98. The van der Waals surface area contributed by atoms with E-state index in [1.807, 2.05) is 36.4 Å². The molecule has 18 heavy (non-hydrogen) atoms. The van der Waals surface area contributed by atoms with Crippen molar-refractivity contribution in [3.63, 3.8) is 0 Å². The molecule has 0 aliphatic carbocycles. The molecule has 0 radical (unpaired) electrons. The van der Waals surface area contributed by atoms with Crippen molar-refractivity contribution in [1.29, 1.82) is 0 Å². The maximum atomic E-state index is 11.4. The molecule has 0 unspecified atom stereocenters. The lowest BCUT2D eigenvalue weighted by atomic mass is 10.0. The summed E-state index contributed by atoms with van der Waals surface area (Å²) in [6.07, 6.45) is 0.214. The fourth-order valence-electron chi connectivity index (χ4n) is 1.96. The molecule has 94 valence electrons. The van der Waals surface area contributed by atoms with Gasteiger partial charge >= 0.3 is 5.97 Å². The predicted molar refractivity (Wildman–Crippen MR) is 72.1 cm³/mol. The monoisotopic (exact) mass is 243 g/mol. The Kier molecular flexibility index (Phi) is 3.95. The van der Waals surface area contributed by atoms with Gasteiger partial charge in [-0.05, 0) is 29.3 Å². The molecule has 0 saturated carbocycles. The highest BCUT2D eigenvalue weighted by Crippen LogP contribution is 2.21. The van der Waals surface area contributed by atoms with Crippen molar-refractivity contribution in [2.75, 3.05) is 6.61 Å². The van der Waals surface area contributed by atoms with Crippen molar-refractivity contribution in [1.82, 2.24) is 0 Å². The smallest absolute Gasteiger partial charge is 0.307 e. The van der Waals surface area contributed by atoms with Crippen LogP contribution in [0, 0.1) is 0 Å². The SMILES string of the molecule is CCOC(=O)C[C@@H](N)c1ccc2ccccc2c1. The van der Waals surface area contributed by atoms with Gasteiger partial charge in [0.15, 0.2) is 0 Å². The highest BCUT2D eigenvalue weighted by Gasteiger charge is 2.12. The number of hydrogen-bond donors (Lipinski definition) is 1. The van der Waals surface area contributed by atoms with Gasteiger partial charge in [-0.2, -0.15) is 0 Å². The molecule has 2 aromatic rings. The summed E-state index contributed by atoms with van der Waals surface area (Å²) in [5, 5.41) is 2.30. The molecule has 1 atom stereocenters. The minimum absolute atomic E-state index is 0.214. The second-order valence-corrected chi connectivity index (χ2v) is 4.22. The van der Waals surface area contributed by atoms with E-state index < -0.39 is 0 Å². The highest BCUT2D eigenvalue weighted by atomic mass is 16.5. The average Bonchev–Trinajstić information content (AvgIpc) is 2.38. The summed E-state index contributed by atoms with van der Waals surface area (Å²) >= 11 is 0. The van der Waals surface area contributed by atoms with Crippen LogP contribution in [0.5, 0.6) is 0 Å². The van der Waals surface area contributed by atoms with E-state index in [4.69, 9.17) is 10.5 Å². The van der Waals surface area contributed by atoms with Gasteiger partial charge < -0.3 is 10.5 Å². The topological polar surface area (TPSA) is 52.3 Å². The zero-order chi connectivity index (χ0) is 13.0. The van der Waals surface area contributed by atoms with Gasteiger partial charge in [-0.25, -0.2) is 0 Å². The fraction of sp³-hybridized carbons (Fsp3) is 0.267. The molecule has 0 amide bonds. The lowest BCUT2D eigenvalue weighted by Crippen LogP contribution is -2.17. The summed E-state index contributed by atoms with van der Waals surface area (Å²) in [7, 11) is 0. The summed E-state index contributed by atoms with van der Waals surface area (Å²) in [5.74, 6) is -0.252. The Morgan fingerprint density at radius 3 is 2.67 bits per heavy atom. The normalized spacial score (nSPS) is 12.3. The van der Waals surface area contributed by atoms with Crippen LogP contribution in [0.4, 0.5) is 0 Å². The average molecular weight is 243 g/mol. The van der Waals surface area contributed by atoms with Gasteiger partial charge in [-0.15, -0.1) is 0 Å². The second kappa shape index (κ2) is 5.65. The third kappa shape index (κ3) is 2.87. The largest absolute Gasteiger partial charge is 0.466 e. The van der Waals surface area contributed by atoms with Crippen molar-refractivity contribution in [3.8, 4) is 0 Å². The van der Waals surface area contributed by atoms with E-state index in [1.54, 1.807) is 6.92 Å². The van der Waals surface area contributed by atoms with Crippen molar-refractivity contribution in [2.24, 2.45) is 5.73 Å². The number of esters is 1. The quantitative estimate of drug-likeness (QED) is 0.840. The summed E-state index contributed by atoms with van der Waals surface area (Å²) in [6, 6.07) is 13.8. The number of benzene rings is 2. The number of hydrogen-bond acceptors (Lipinski definition) is 3. The van der Waals surface area contributed by atoms with Crippen molar-refractivity contribution in [2.45, 2.75) is 19.4 Å². The van der Waals surface area contributed by atoms with Gasteiger partial charge in [-0.3, -0.25) is 4.79 Å². The number of nitrogens with two attached hydrogens (primary N) is 1. The van der Waals surface area contributed by atoms with Crippen LogP contribution in [0.25, 0.3) is 10.8 Å². The standard InChI is InChI=1S/C15H17NO2/c1-2-18-15(17)10-14(16)13-8-7-11-5-3-4-6-12(11)9-13/h3-9,14H,2,10,16H2,1H3/t14-/m1/s1. The first-order valence-corrected chi connectivity index (χ1v) is 6.10. The molecule has 0 fully saturated rings. The Labute approximate surface area is 107 Å². The molecule has 0 spiro atoms. The van der Waals surface area contributed by atoms with Crippen molar-refractivity contribution < 1.29 is 9.53 Å². The molecule has 3 heteroatoms.